The van der Waals surface area contributed by atoms with Crippen molar-refractivity contribution in [2.24, 2.45) is 0 Å². The normalized spacial score (nSPS) is 9.00. The van der Waals surface area contributed by atoms with Crippen LogP contribution in [0, 0.1) is 13.8 Å². The molecule has 0 spiro atoms. The van der Waals surface area contributed by atoms with Crippen LogP contribution in [0.5, 0.6) is 5.75 Å². The van der Waals surface area contributed by atoms with Gasteiger partial charge in [-0.05, 0) is 37.1 Å². The van der Waals surface area contributed by atoms with E-state index in [0.717, 1.165) is 16.1 Å². The molecule has 2 nitrogen and oxygen atoms in total. The maximum Gasteiger partial charge on any atom is 0.116 e. The van der Waals surface area contributed by atoms with Gasteiger partial charge >= 0.3 is 0 Å². The van der Waals surface area contributed by atoms with E-state index in [-0.39, 0.29) is 11.2 Å². The number of aromatic hydroxyl groups is 1. The Morgan fingerprint density at radius 1 is 1.18 bits per heavy atom. The molecule has 0 aliphatic carbocycles. The summed E-state index contributed by atoms with van der Waals surface area (Å²) in [6, 6.07) is 3.30. The highest BCUT2D eigenvalue weighted by atomic mass is 35.5. The van der Waals surface area contributed by atoms with E-state index in [2.05, 4.69) is 0 Å². The number of hydrogen-bond acceptors (Lipinski definition) is 1. The van der Waals surface area contributed by atoms with Crippen LogP contribution >= 0.6 is 11.6 Å². The lowest BCUT2D eigenvalue weighted by atomic mass is 10.1. The van der Waals surface area contributed by atoms with E-state index in [1.807, 2.05) is 13.8 Å². The van der Waals surface area contributed by atoms with Gasteiger partial charge in [0.2, 0.25) is 0 Å². The van der Waals surface area contributed by atoms with Crippen LogP contribution in [0.25, 0.3) is 0 Å². The zero-order valence-electron chi connectivity index (χ0n) is 6.48. The van der Waals surface area contributed by atoms with Gasteiger partial charge in [0.1, 0.15) is 5.75 Å². The fourth-order valence-electron chi connectivity index (χ4n) is 0.923. The summed E-state index contributed by atoms with van der Waals surface area (Å²) in [4.78, 5) is 0. The van der Waals surface area contributed by atoms with Crippen molar-refractivity contribution in [1.82, 2.24) is 0 Å². The fraction of sp³-hybridized carbons (Fsp3) is 0.250. The third kappa shape index (κ3) is 2.10. The number of rotatable bonds is 0. The quantitative estimate of drug-likeness (QED) is 0.641. The second-order valence-corrected chi connectivity index (χ2v) is 2.77. The molecule has 3 N–H and O–H groups in total. The Hall–Kier alpha value is -0.730. The second kappa shape index (κ2) is 3.60. The minimum Gasteiger partial charge on any atom is -0.508 e. The van der Waals surface area contributed by atoms with E-state index in [1.165, 1.54) is 0 Å². The van der Waals surface area contributed by atoms with Crippen LogP contribution in [0.3, 0.4) is 0 Å². The van der Waals surface area contributed by atoms with Crippen LogP contribution < -0.4 is 0 Å². The van der Waals surface area contributed by atoms with Crippen molar-refractivity contribution in [2.45, 2.75) is 13.8 Å². The molecule has 0 unspecified atom stereocenters. The number of halogens is 1. The third-order valence-electron chi connectivity index (χ3n) is 1.42. The highest BCUT2D eigenvalue weighted by Gasteiger charge is 1.99. The summed E-state index contributed by atoms with van der Waals surface area (Å²) in [7, 11) is 0. The minimum absolute atomic E-state index is 0. The van der Waals surface area contributed by atoms with Crippen molar-refractivity contribution in [1.29, 1.82) is 0 Å². The molecule has 0 aliphatic rings. The van der Waals surface area contributed by atoms with Crippen LogP contribution in [0.2, 0.25) is 5.02 Å². The topological polar surface area (TPSA) is 51.7 Å². The zero-order valence-corrected chi connectivity index (χ0v) is 7.24. The molecule has 62 valence electrons. The molecule has 0 atom stereocenters. The molecular weight excluding hydrogens is 164 g/mol. The van der Waals surface area contributed by atoms with Crippen molar-refractivity contribution in [3.8, 4) is 5.75 Å². The summed E-state index contributed by atoms with van der Waals surface area (Å²) in [5.41, 5.74) is 1.83. The minimum atomic E-state index is 0. The number of benzene rings is 1. The van der Waals surface area contributed by atoms with Gasteiger partial charge in [-0.15, -0.1) is 0 Å². The third-order valence-corrected chi connectivity index (χ3v) is 2.02. The van der Waals surface area contributed by atoms with E-state index in [4.69, 9.17) is 16.7 Å². The fourth-order valence-corrected chi connectivity index (χ4v) is 1.03. The van der Waals surface area contributed by atoms with Gasteiger partial charge < -0.3 is 10.6 Å². The van der Waals surface area contributed by atoms with Gasteiger partial charge in [0.25, 0.3) is 0 Å². The molecule has 11 heavy (non-hydrogen) atoms. The molecular formula is C8H11ClO2. The summed E-state index contributed by atoms with van der Waals surface area (Å²) < 4.78 is 0. The van der Waals surface area contributed by atoms with E-state index >= 15 is 0 Å². The standard InChI is InChI=1S/C8H9ClO.H2O/c1-5-3-7(10)4-6(2)8(5)9;/h3-4,10H,1-2H3;1H2. The molecule has 0 amide bonds. The van der Waals surface area contributed by atoms with Crippen molar-refractivity contribution in [3.05, 3.63) is 28.3 Å². The van der Waals surface area contributed by atoms with Crippen LogP contribution in [0.4, 0.5) is 0 Å². The second-order valence-electron chi connectivity index (χ2n) is 2.39. The highest BCUT2D eigenvalue weighted by molar-refractivity contribution is 6.32. The number of phenolic OH excluding ortho intramolecular Hbond substituents is 1. The van der Waals surface area contributed by atoms with Gasteiger partial charge in [-0.3, -0.25) is 0 Å². The molecule has 0 radical (unpaired) electrons. The lowest BCUT2D eigenvalue weighted by Crippen LogP contribution is -1.79. The Bertz CT molecular complexity index is 235. The summed E-state index contributed by atoms with van der Waals surface area (Å²) in [5.74, 6) is 0.277. The van der Waals surface area contributed by atoms with E-state index in [9.17, 15) is 0 Å². The van der Waals surface area contributed by atoms with E-state index in [0.29, 0.717) is 0 Å². The lowest BCUT2D eigenvalue weighted by Gasteiger charge is -2.01. The molecule has 0 saturated carbocycles. The Morgan fingerprint density at radius 3 is 1.91 bits per heavy atom. The molecule has 3 heteroatoms. The maximum atomic E-state index is 9.06. The first-order chi connectivity index (χ1) is 4.61. The number of hydrogen-bond donors (Lipinski definition) is 1. The number of phenols is 1. The molecule has 1 aromatic carbocycles. The predicted octanol–water partition coefficient (Wildman–Crippen LogP) is 1.84. The van der Waals surface area contributed by atoms with Crippen molar-refractivity contribution >= 4 is 11.6 Å². The summed E-state index contributed by atoms with van der Waals surface area (Å²) in [5, 5.41) is 9.79. The van der Waals surface area contributed by atoms with Gasteiger partial charge in [-0.1, -0.05) is 11.6 Å². The SMILES string of the molecule is Cc1cc(O)cc(C)c1Cl.O. The molecule has 0 aromatic heterocycles. The Balaban J connectivity index is 0.000001000. The zero-order chi connectivity index (χ0) is 7.72. The van der Waals surface area contributed by atoms with Crippen molar-refractivity contribution in [2.75, 3.05) is 0 Å². The number of aryl methyl sites for hydroxylation is 2. The summed E-state index contributed by atoms with van der Waals surface area (Å²) in [6.07, 6.45) is 0. The van der Waals surface area contributed by atoms with Crippen molar-refractivity contribution in [3.63, 3.8) is 0 Å². The average molecular weight is 175 g/mol. The van der Waals surface area contributed by atoms with Crippen LogP contribution in [-0.4, -0.2) is 10.6 Å². The summed E-state index contributed by atoms with van der Waals surface area (Å²) >= 11 is 5.84. The largest absolute Gasteiger partial charge is 0.508 e. The molecule has 1 aromatic rings. The van der Waals surface area contributed by atoms with E-state index < -0.39 is 0 Å². The first-order valence-electron chi connectivity index (χ1n) is 3.07. The maximum absolute atomic E-state index is 9.06. The monoisotopic (exact) mass is 174 g/mol. The van der Waals surface area contributed by atoms with Gasteiger partial charge in [0.05, 0.1) is 0 Å². The van der Waals surface area contributed by atoms with Crippen LogP contribution in [0.15, 0.2) is 12.1 Å². The Labute approximate surface area is 70.7 Å². The smallest absolute Gasteiger partial charge is 0.116 e. The van der Waals surface area contributed by atoms with Crippen molar-refractivity contribution < 1.29 is 10.6 Å². The first kappa shape index (κ1) is 10.3. The molecule has 0 aliphatic heterocycles. The average Bonchev–Trinajstić information content (AvgIpc) is 1.82. The van der Waals surface area contributed by atoms with Crippen LogP contribution in [-0.2, 0) is 0 Å². The van der Waals surface area contributed by atoms with Gasteiger partial charge in [-0.25, -0.2) is 0 Å². The van der Waals surface area contributed by atoms with Gasteiger partial charge in [0, 0.05) is 5.02 Å². The van der Waals surface area contributed by atoms with Gasteiger partial charge in [0.15, 0.2) is 0 Å². The molecule has 0 fully saturated rings. The first-order valence-corrected chi connectivity index (χ1v) is 3.45. The predicted molar refractivity (Wildman–Crippen MR) is 46.2 cm³/mol. The molecule has 0 heterocycles. The summed E-state index contributed by atoms with van der Waals surface area (Å²) in [6.45, 7) is 3.74. The van der Waals surface area contributed by atoms with Crippen LogP contribution in [0.1, 0.15) is 11.1 Å². The molecule has 0 bridgehead atoms. The lowest BCUT2D eigenvalue weighted by molar-refractivity contribution is 0.474. The molecule has 1 rings (SSSR count). The van der Waals surface area contributed by atoms with Gasteiger partial charge in [-0.2, -0.15) is 0 Å². The Kier molecular flexibility index (Phi) is 3.36. The Morgan fingerprint density at radius 2 is 1.55 bits per heavy atom. The van der Waals surface area contributed by atoms with E-state index in [1.54, 1.807) is 12.1 Å². The molecule has 0 saturated heterocycles. The highest BCUT2D eigenvalue weighted by Crippen LogP contribution is 2.24.